The molecule has 2 bridgehead atoms. The van der Waals surface area contributed by atoms with Crippen LogP contribution in [0.15, 0.2) is 34.9 Å². The standard InChI is InChI=1S/C22H28O4/c1-5-11(4)14-10-15-16-12-8-9-13(18(16)17(14)15)20(22(24)26-7-3)19(12)21(23)25-6-2/h5,8-9,12-18H,6-7,10H2,1-4H3/b11-5+/t12-,13+,14+,15-,16-,17-,18-/m1/s1. The number of carbonyl (C=O) groups excluding carboxylic acids is 2. The summed E-state index contributed by atoms with van der Waals surface area (Å²) in [5.74, 6) is 2.22. The first kappa shape index (κ1) is 17.6. The van der Waals surface area contributed by atoms with Gasteiger partial charge in [0.1, 0.15) is 0 Å². The van der Waals surface area contributed by atoms with Crippen molar-refractivity contribution < 1.29 is 19.1 Å². The lowest BCUT2D eigenvalue weighted by Gasteiger charge is -2.70. The van der Waals surface area contributed by atoms with Gasteiger partial charge in [-0.25, -0.2) is 9.59 Å². The van der Waals surface area contributed by atoms with Crippen LogP contribution < -0.4 is 0 Å². The number of fused-ring (bicyclic) bond motifs is 1. The third-order valence-electron chi connectivity index (χ3n) is 7.21. The molecule has 4 nitrogen and oxygen atoms in total. The molecule has 0 amide bonds. The fourth-order valence-corrected chi connectivity index (χ4v) is 6.10. The van der Waals surface area contributed by atoms with E-state index in [0.29, 0.717) is 53.9 Å². The maximum absolute atomic E-state index is 12.7. The van der Waals surface area contributed by atoms with Crippen LogP contribution in [0.3, 0.4) is 0 Å². The van der Waals surface area contributed by atoms with Gasteiger partial charge in [-0.2, -0.15) is 0 Å². The molecular formula is C22H28O4. The second-order valence-electron chi connectivity index (χ2n) is 7.98. The molecule has 0 unspecified atom stereocenters. The Morgan fingerprint density at radius 2 is 1.54 bits per heavy atom. The third kappa shape index (κ3) is 2.20. The Morgan fingerprint density at radius 1 is 1.00 bits per heavy atom. The van der Waals surface area contributed by atoms with Crippen LogP contribution >= 0.6 is 0 Å². The SMILES string of the molecule is C/C=C(\C)[C@@H]1C[C@@H]2[C@@H]3[C@H]([C@@H]21)[C@@H]1C=C[C@H]3C(C(=O)OCC)=C1C(=O)OCC. The van der Waals surface area contributed by atoms with Crippen molar-refractivity contribution in [2.45, 2.75) is 34.1 Å². The summed E-state index contributed by atoms with van der Waals surface area (Å²) >= 11 is 0. The lowest BCUT2D eigenvalue weighted by atomic mass is 9.33. The Balaban J connectivity index is 1.72. The molecule has 0 aromatic heterocycles. The zero-order valence-corrected chi connectivity index (χ0v) is 16.0. The van der Waals surface area contributed by atoms with Gasteiger partial charge in [0.25, 0.3) is 0 Å². The van der Waals surface area contributed by atoms with Gasteiger partial charge in [0.15, 0.2) is 0 Å². The van der Waals surface area contributed by atoms with Crippen molar-refractivity contribution >= 4 is 11.9 Å². The summed E-state index contributed by atoms with van der Waals surface area (Å²) in [5, 5.41) is 0. The predicted octanol–water partition coefficient (Wildman–Crippen LogP) is 3.69. The van der Waals surface area contributed by atoms with Crippen LogP contribution in [-0.4, -0.2) is 25.2 Å². The molecule has 0 saturated heterocycles. The molecule has 4 heteroatoms. The number of hydrogen-bond donors (Lipinski definition) is 0. The first-order valence-electron chi connectivity index (χ1n) is 9.94. The van der Waals surface area contributed by atoms with Gasteiger partial charge in [0.2, 0.25) is 0 Å². The van der Waals surface area contributed by atoms with E-state index in [9.17, 15) is 9.59 Å². The van der Waals surface area contributed by atoms with Crippen molar-refractivity contribution in [2.75, 3.05) is 13.2 Å². The van der Waals surface area contributed by atoms with Crippen molar-refractivity contribution in [3.8, 4) is 0 Å². The first-order valence-corrected chi connectivity index (χ1v) is 9.94. The lowest BCUT2D eigenvalue weighted by molar-refractivity contribution is -0.180. The molecule has 2 fully saturated rings. The second kappa shape index (κ2) is 6.40. The van der Waals surface area contributed by atoms with Crippen molar-refractivity contribution in [3.63, 3.8) is 0 Å². The number of ether oxygens (including phenoxy) is 2. The van der Waals surface area contributed by atoms with Gasteiger partial charge in [0, 0.05) is 11.8 Å². The number of rotatable bonds is 5. The first-order chi connectivity index (χ1) is 12.5. The normalized spacial score (nSPS) is 39.5. The molecule has 140 valence electrons. The van der Waals surface area contributed by atoms with Crippen molar-refractivity contribution in [3.05, 3.63) is 34.9 Å². The van der Waals surface area contributed by atoms with E-state index in [1.807, 2.05) is 0 Å². The van der Waals surface area contributed by atoms with Crippen LogP contribution in [-0.2, 0) is 19.1 Å². The smallest absolute Gasteiger partial charge is 0.335 e. The Labute approximate surface area is 155 Å². The Hall–Kier alpha value is -1.84. The maximum Gasteiger partial charge on any atom is 0.335 e. The predicted molar refractivity (Wildman–Crippen MR) is 97.9 cm³/mol. The number of carbonyl (C=O) groups is 2. The minimum Gasteiger partial charge on any atom is -0.463 e. The van der Waals surface area contributed by atoms with Crippen LogP contribution in [0.4, 0.5) is 0 Å². The fourth-order valence-electron chi connectivity index (χ4n) is 6.10. The van der Waals surface area contributed by atoms with E-state index in [1.165, 1.54) is 12.0 Å². The molecule has 0 aromatic carbocycles. The highest BCUT2D eigenvalue weighted by Crippen LogP contribution is 2.72. The van der Waals surface area contributed by atoms with Crippen LogP contribution in [0, 0.1) is 41.4 Å². The average Bonchev–Trinajstić information content (AvgIpc) is 2.61. The van der Waals surface area contributed by atoms with Crippen LogP contribution in [0.1, 0.15) is 34.1 Å². The zero-order chi connectivity index (χ0) is 18.6. The molecule has 0 aliphatic heterocycles. The van der Waals surface area contributed by atoms with Crippen molar-refractivity contribution in [1.29, 1.82) is 0 Å². The molecule has 0 radical (unpaired) electrons. The summed E-state index contributed by atoms with van der Waals surface area (Å²) < 4.78 is 10.6. The number of allylic oxidation sites excluding steroid dienone is 4. The van der Waals surface area contributed by atoms with Gasteiger partial charge in [0.05, 0.1) is 24.4 Å². The molecule has 5 aliphatic carbocycles. The largest absolute Gasteiger partial charge is 0.463 e. The monoisotopic (exact) mass is 356 g/mol. The molecule has 0 heterocycles. The molecular weight excluding hydrogens is 328 g/mol. The Kier molecular flexibility index (Phi) is 4.32. The Morgan fingerprint density at radius 3 is 2.04 bits per heavy atom. The quantitative estimate of drug-likeness (QED) is 0.557. The van der Waals surface area contributed by atoms with Crippen molar-refractivity contribution in [1.82, 2.24) is 0 Å². The minimum absolute atomic E-state index is 0.00263. The van der Waals surface area contributed by atoms with Crippen LogP contribution in [0.5, 0.6) is 0 Å². The summed E-state index contributed by atoms with van der Waals surface area (Å²) in [7, 11) is 0. The Bertz CT molecular complexity index is 728. The second-order valence-corrected chi connectivity index (χ2v) is 7.98. The van der Waals surface area contributed by atoms with E-state index >= 15 is 0 Å². The van der Waals surface area contributed by atoms with E-state index < -0.39 is 0 Å². The summed E-state index contributed by atoms with van der Waals surface area (Å²) in [6.07, 6.45) is 7.73. The fraction of sp³-hybridized carbons (Fsp3) is 0.636. The topological polar surface area (TPSA) is 52.6 Å². The minimum atomic E-state index is -0.338. The van der Waals surface area contributed by atoms with E-state index in [2.05, 4.69) is 32.1 Å². The molecule has 0 N–H and O–H groups in total. The maximum atomic E-state index is 12.7. The van der Waals surface area contributed by atoms with E-state index in [4.69, 9.17) is 9.47 Å². The molecule has 0 spiro atoms. The van der Waals surface area contributed by atoms with Crippen molar-refractivity contribution in [2.24, 2.45) is 41.4 Å². The van der Waals surface area contributed by atoms with Crippen LogP contribution in [0.25, 0.3) is 0 Å². The summed E-state index contributed by atoms with van der Waals surface area (Å²) in [5.41, 5.74) is 2.60. The van der Waals surface area contributed by atoms with Gasteiger partial charge in [-0.3, -0.25) is 0 Å². The van der Waals surface area contributed by atoms with Gasteiger partial charge in [-0.1, -0.05) is 23.8 Å². The molecule has 0 aromatic rings. The lowest BCUT2D eigenvalue weighted by Crippen LogP contribution is -2.66. The summed E-state index contributed by atoms with van der Waals surface area (Å²) in [6, 6.07) is 0. The highest BCUT2D eigenvalue weighted by molar-refractivity contribution is 6.02. The molecule has 5 aliphatic rings. The van der Waals surface area contributed by atoms with Gasteiger partial charge in [-0.15, -0.1) is 0 Å². The average molecular weight is 356 g/mol. The van der Waals surface area contributed by atoms with E-state index in [-0.39, 0.29) is 23.8 Å². The molecule has 2 saturated carbocycles. The van der Waals surface area contributed by atoms with Crippen LogP contribution in [0.2, 0.25) is 0 Å². The molecule has 7 atom stereocenters. The van der Waals surface area contributed by atoms with Gasteiger partial charge >= 0.3 is 11.9 Å². The highest BCUT2D eigenvalue weighted by atomic mass is 16.5. The highest BCUT2D eigenvalue weighted by Gasteiger charge is 2.68. The molecule has 26 heavy (non-hydrogen) atoms. The summed E-state index contributed by atoms with van der Waals surface area (Å²) in [6.45, 7) is 8.57. The zero-order valence-electron chi connectivity index (χ0n) is 16.0. The number of hydrogen-bond acceptors (Lipinski definition) is 4. The van der Waals surface area contributed by atoms with Gasteiger partial charge in [-0.05, 0) is 63.7 Å². The van der Waals surface area contributed by atoms with Gasteiger partial charge < -0.3 is 9.47 Å². The number of esters is 2. The molecule has 5 rings (SSSR count). The van der Waals surface area contributed by atoms with E-state index in [0.717, 1.165) is 0 Å². The summed E-state index contributed by atoms with van der Waals surface area (Å²) in [4.78, 5) is 25.4. The van der Waals surface area contributed by atoms with E-state index in [1.54, 1.807) is 13.8 Å². The third-order valence-corrected chi connectivity index (χ3v) is 7.21.